The second-order valence-corrected chi connectivity index (χ2v) is 7.17. The van der Waals surface area contributed by atoms with Crippen LogP contribution >= 0.6 is 0 Å². The van der Waals surface area contributed by atoms with Gasteiger partial charge in [-0.2, -0.15) is 0 Å². The average molecular weight is 290 g/mol. The van der Waals surface area contributed by atoms with Gasteiger partial charge in [0.2, 0.25) is 0 Å². The van der Waals surface area contributed by atoms with E-state index in [9.17, 15) is 0 Å². The van der Waals surface area contributed by atoms with Gasteiger partial charge in [0, 0.05) is 31.1 Å². The van der Waals surface area contributed by atoms with E-state index in [0.717, 1.165) is 19.0 Å². The molecule has 2 unspecified atom stereocenters. The first kappa shape index (κ1) is 18.2. The van der Waals surface area contributed by atoms with Gasteiger partial charge >= 0.3 is 0 Å². The summed E-state index contributed by atoms with van der Waals surface area (Å²) in [6.07, 6.45) is 1.25. The van der Waals surface area contributed by atoms with Crippen molar-refractivity contribution in [2.45, 2.75) is 52.5 Å². The zero-order valence-electron chi connectivity index (χ0n) is 14.8. The normalized spacial score (nSPS) is 16.2. The average Bonchev–Trinajstić information content (AvgIpc) is 2.45. The molecule has 0 heterocycles. The SMILES string of the molecule is CCC(C)CN(C)CC(C)(CNC(C)C)c1ccccc1. The molecule has 1 rings (SSSR count). The number of rotatable bonds is 9. The molecule has 0 fully saturated rings. The lowest BCUT2D eigenvalue weighted by atomic mass is 9.81. The van der Waals surface area contributed by atoms with E-state index in [1.54, 1.807) is 0 Å². The quantitative estimate of drug-likeness (QED) is 0.741. The molecule has 2 heteroatoms. The van der Waals surface area contributed by atoms with Gasteiger partial charge in [-0.3, -0.25) is 0 Å². The summed E-state index contributed by atoms with van der Waals surface area (Å²) in [5, 5.41) is 3.63. The molecule has 0 aliphatic carbocycles. The fourth-order valence-electron chi connectivity index (χ4n) is 2.84. The lowest BCUT2D eigenvalue weighted by molar-refractivity contribution is 0.219. The van der Waals surface area contributed by atoms with Gasteiger partial charge in [-0.1, -0.05) is 71.4 Å². The zero-order valence-corrected chi connectivity index (χ0v) is 14.8. The molecule has 1 aromatic carbocycles. The van der Waals surface area contributed by atoms with Gasteiger partial charge in [-0.25, -0.2) is 0 Å². The second kappa shape index (κ2) is 8.55. The van der Waals surface area contributed by atoms with Crippen molar-refractivity contribution in [1.29, 1.82) is 0 Å². The van der Waals surface area contributed by atoms with E-state index < -0.39 is 0 Å². The van der Waals surface area contributed by atoms with Crippen molar-refractivity contribution in [1.82, 2.24) is 10.2 Å². The van der Waals surface area contributed by atoms with Gasteiger partial charge in [0.05, 0.1) is 0 Å². The largest absolute Gasteiger partial charge is 0.314 e. The topological polar surface area (TPSA) is 15.3 Å². The highest BCUT2D eigenvalue weighted by Gasteiger charge is 2.28. The van der Waals surface area contributed by atoms with Crippen molar-refractivity contribution < 1.29 is 0 Å². The van der Waals surface area contributed by atoms with Crippen LogP contribution in [0.25, 0.3) is 0 Å². The van der Waals surface area contributed by atoms with Crippen molar-refractivity contribution in [2.75, 3.05) is 26.7 Å². The Morgan fingerprint density at radius 1 is 1.14 bits per heavy atom. The summed E-state index contributed by atoms with van der Waals surface area (Å²) in [7, 11) is 2.25. The molecule has 0 aromatic heterocycles. The van der Waals surface area contributed by atoms with Crippen LogP contribution in [-0.4, -0.2) is 37.6 Å². The van der Waals surface area contributed by atoms with E-state index in [0.29, 0.717) is 6.04 Å². The molecule has 0 bridgehead atoms. The zero-order chi connectivity index (χ0) is 15.9. The number of likely N-dealkylation sites (N-methyl/N-ethyl adjacent to an activating group) is 1. The second-order valence-electron chi connectivity index (χ2n) is 7.17. The molecule has 0 spiro atoms. The van der Waals surface area contributed by atoms with Crippen LogP contribution in [0.1, 0.15) is 46.6 Å². The Balaban J connectivity index is 2.81. The summed E-state index contributed by atoms with van der Waals surface area (Å²) >= 11 is 0. The highest BCUT2D eigenvalue weighted by molar-refractivity contribution is 5.25. The fourth-order valence-corrected chi connectivity index (χ4v) is 2.84. The molecule has 2 atom stereocenters. The maximum absolute atomic E-state index is 3.63. The number of hydrogen-bond donors (Lipinski definition) is 1. The molecule has 1 aromatic rings. The van der Waals surface area contributed by atoms with Crippen LogP contribution in [0.4, 0.5) is 0 Å². The minimum atomic E-state index is 0.147. The van der Waals surface area contributed by atoms with Crippen molar-refractivity contribution in [3.05, 3.63) is 35.9 Å². The summed E-state index contributed by atoms with van der Waals surface area (Å²) in [5.74, 6) is 0.757. The molecule has 0 amide bonds. The van der Waals surface area contributed by atoms with Gasteiger partial charge in [-0.15, -0.1) is 0 Å². The highest BCUT2D eigenvalue weighted by Crippen LogP contribution is 2.24. The molecule has 0 saturated heterocycles. The maximum Gasteiger partial charge on any atom is 0.0177 e. The fraction of sp³-hybridized carbons (Fsp3) is 0.684. The first-order valence-corrected chi connectivity index (χ1v) is 8.35. The predicted octanol–water partition coefficient (Wildman–Crippen LogP) is 3.92. The predicted molar refractivity (Wildman–Crippen MR) is 93.9 cm³/mol. The summed E-state index contributed by atoms with van der Waals surface area (Å²) in [5.41, 5.74) is 1.57. The Morgan fingerprint density at radius 2 is 1.76 bits per heavy atom. The van der Waals surface area contributed by atoms with Gasteiger partial charge < -0.3 is 10.2 Å². The Kier molecular flexibility index (Phi) is 7.41. The molecular weight excluding hydrogens is 256 g/mol. The molecule has 0 saturated carbocycles. The summed E-state index contributed by atoms with van der Waals surface area (Å²) in [6.45, 7) is 14.7. The third kappa shape index (κ3) is 6.19. The van der Waals surface area contributed by atoms with Crippen LogP contribution < -0.4 is 5.32 Å². The van der Waals surface area contributed by atoms with Crippen LogP contribution in [0.15, 0.2) is 30.3 Å². The van der Waals surface area contributed by atoms with Crippen molar-refractivity contribution >= 4 is 0 Å². The van der Waals surface area contributed by atoms with Crippen LogP contribution in [0, 0.1) is 5.92 Å². The third-order valence-electron chi connectivity index (χ3n) is 4.31. The molecule has 0 aliphatic rings. The monoisotopic (exact) mass is 290 g/mol. The van der Waals surface area contributed by atoms with Crippen LogP contribution in [0.2, 0.25) is 0 Å². The maximum atomic E-state index is 3.63. The van der Waals surface area contributed by atoms with Gasteiger partial charge in [0.15, 0.2) is 0 Å². The van der Waals surface area contributed by atoms with Crippen LogP contribution in [0.3, 0.4) is 0 Å². The summed E-state index contributed by atoms with van der Waals surface area (Å²) < 4.78 is 0. The summed E-state index contributed by atoms with van der Waals surface area (Å²) in [4.78, 5) is 2.49. The van der Waals surface area contributed by atoms with E-state index in [-0.39, 0.29) is 5.41 Å². The van der Waals surface area contributed by atoms with Gasteiger partial charge in [0.1, 0.15) is 0 Å². The van der Waals surface area contributed by atoms with E-state index in [1.807, 2.05) is 0 Å². The van der Waals surface area contributed by atoms with Crippen LogP contribution in [0.5, 0.6) is 0 Å². The van der Waals surface area contributed by atoms with Gasteiger partial charge in [0.25, 0.3) is 0 Å². The van der Waals surface area contributed by atoms with Crippen LogP contribution in [-0.2, 0) is 5.41 Å². The Bertz CT molecular complexity index is 388. The van der Waals surface area contributed by atoms with Gasteiger partial charge in [-0.05, 0) is 18.5 Å². The minimum Gasteiger partial charge on any atom is -0.314 e. The number of nitrogens with zero attached hydrogens (tertiary/aromatic N) is 1. The van der Waals surface area contributed by atoms with E-state index in [1.165, 1.54) is 18.5 Å². The van der Waals surface area contributed by atoms with E-state index in [2.05, 4.69) is 82.2 Å². The lowest BCUT2D eigenvalue weighted by Crippen LogP contribution is -2.46. The standard InChI is InChI=1S/C19H34N2/c1-7-17(4)13-21(6)15-19(5,14-20-16(2)3)18-11-9-8-10-12-18/h8-12,16-17,20H,7,13-15H2,1-6H3. The Labute approximate surface area is 131 Å². The molecule has 120 valence electrons. The molecule has 1 N–H and O–H groups in total. The molecule has 0 aliphatic heterocycles. The number of benzene rings is 1. The first-order valence-electron chi connectivity index (χ1n) is 8.35. The molecule has 2 nitrogen and oxygen atoms in total. The van der Waals surface area contributed by atoms with E-state index in [4.69, 9.17) is 0 Å². The number of hydrogen-bond acceptors (Lipinski definition) is 2. The molecular formula is C19H34N2. The first-order chi connectivity index (χ1) is 9.87. The van der Waals surface area contributed by atoms with Crippen molar-refractivity contribution in [3.8, 4) is 0 Å². The van der Waals surface area contributed by atoms with Crippen molar-refractivity contribution in [3.63, 3.8) is 0 Å². The minimum absolute atomic E-state index is 0.147. The Hall–Kier alpha value is -0.860. The van der Waals surface area contributed by atoms with E-state index >= 15 is 0 Å². The highest BCUT2D eigenvalue weighted by atomic mass is 15.1. The lowest BCUT2D eigenvalue weighted by Gasteiger charge is -2.36. The van der Waals surface area contributed by atoms with Crippen molar-refractivity contribution in [2.24, 2.45) is 5.92 Å². The molecule has 21 heavy (non-hydrogen) atoms. The number of nitrogens with one attached hydrogen (secondary N) is 1. The summed E-state index contributed by atoms with van der Waals surface area (Å²) in [6, 6.07) is 11.4. The Morgan fingerprint density at radius 3 is 2.29 bits per heavy atom. The smallest absolute Gasteiger partial charge is 0.0177 e. The third-order valence-corrected chi connectivity index (χ3v) is 4.31. The molecule has 0 radical (unpaired) electrons.